The molecule has 1 aliphatic rings. The molecular formula is C13H25N3O2. The molecule has 0 atom stereocenters. The summed E-state index contributed by atoms with van der Waals surface area (Å²) in [5.41, 5.74) is 5.80. The molecule has 5 nitrogen and oxygen atoms in total. The third kappa shape index (κ3) is 4.29. The molecule has 0 spiro atoms. The minimum atomic E-state index is -0.0891. The fraction of sp³-hybridized carbons (Fsp3) is 0.846. The van der Waals surface area contributed by atoms with Crippen molar-refractivity contribution in [1.82, 2.24) is 10.2 Å². The van der Waals surface area contributed by atoms with Crippen molar-refractivity contribution in [2.45, 2.75) is 38.5 Å². The van der Waals surface area contributed by atoms with Crippen LogP contribution in [0, 0.1) is 5.41 Å². The van der Waals surface area contributed by atoms with Gasteiger partial charge >= 0.3 is 0 Å². The van der Waals surface area contributed by atoms with Crippen LogP contribution in [0.15, 0.2) is 0 Å². The smallest absolute Gasteiger partial charge is 0.241 e. The van der Waals surface area contributed by atoms with Gasteiger partial charge in [-0.2, -0.15) is 0 Å². The minimum Gasteiger partial charge on any atom is -0.347 e. The summed E-state index contributed by atoms with van der Waals surface area (Å²) >= 11 is 0. The molecule has 0 aliphatic heterocycles. The van der Waals surface area contributed by atoms with Crippen LogP contribution in [0.5, 0.6) is 0 Å². The zero-order chi connectivity index (χ0) is 13.6. The van der Waals surface area contributed by atoms with Crippen LogP contribution in [0.3, 0.4) is 0 Å². The number of carbonyl (C=O) groups is 2. The van der Waals surface area contributed by atoms with Crippen molar-refractivity contribution in [3.8, 4) is 0 Å². The Balaban J connectivity index is 2.40. The maximum atomic E-state index is 11.9. The van der Waals surface area contributed by atoms with Crippen LogP contribution in [0.2, 0.25) is 0 Å². The van der Waals surface area contributed by atoms with Gasteiger partial charge < -0.3 is 16.0 Å². The summed E-state index contributed by atoms with van der Waals surface area (Å²) in [6.07, 6.45) is 6.05. The maximum absolute atomic E-state index is 11.9. The molecule has 18 heavy (non-hydrogen) atoms. The van der Waals surface area contributed by atoms with Gasteiger partial charge in [-0.25, -0.2) is 0 Å². The molecule has 0 saturated heterocycles. The lowest BCUT2D eigenvalue weighted by Gasteiger charge is -2.35. The van der Waals surface area contributed by atoms with E-state index in [-0.39, 0.29) is 23.8 Å². The van der Waals surface area contributed by atoms with Crippen LogP contribution >= 0.6 is 0 Å². The summed E-state index contributed by atoms with van der Waals surface area (Å²) in [5, 5.41) is 2.68. The summed E-state index contributed by atoms with van der Waals surface area (Å²) in [5.74, 6) is -0.147. The average Bonchev–Trinajstić information content (AvgIpc) is 2.36. The first-order valence-corrected chi connectivity index (χ1v) is 6.66. The van der Waals surface area contributed by atoms with E-state index >= 15 is 0 Å². The molecule has 104 valence electrons. The van der Waals surface area contributed by atoms with E-state index in [1.807, 2.05) is 0 Å². The number of nitrogens with zero attached hydrogens (tertiary/aromatic N) is 1. The second-order valence-electron chi connectivity index (χ2n) is 5.51. The molecule has 0 bridgehead atoms. The zero-order valence-electron chi connectivity index (χ0n) is 11.5. The van der Waals surface area contributed by atoms with Gasteiger partial charge in [0.1, 0.15) is 0 Å². The number of nitrogens with one attached hydrogen (secondary N) is 1. The number of likely N-dealkylation sites (N-methyl/N-ethyl adjacent to an activating group) is 1. The molecule has 0 radical (unpaired) electrons. The number of hydrogen-bond donors (Lipinski definition) is 2. The highest BCUT2D eigenvalue weighted by atomic mass is 16.2. The number of hydrogen-bond acceptors (Lipinski definition) is 3. The van der Waals surface area contributed by atoms with E-state index in [2.05, 4.69) is 5.32 Å². The third-order valence-electron chi connectivity index (χ3n) is 3.82. The molecule has 1 rings (SSSR count). The third-order valence-corrected chi connectivity index (χ3v) is 3.82. The zero-order valence-corrected chi connectivity index (χ0v) is 11.5. The van der Waals surface area contributed by atoms with Crippen molar-refractivity contribution in [3.05, 3.63) is 0 Å². The summed E-state index contributed by atoms with van der Waals surface area (Å²) in [6, 6.07) is 0. The fourth-order valence-electron chi connectivity index (χ4n) is 2.49. The molecule has 1 saturated carbocycles. The number of amides is 2. The van der Waals surface area contributed by atoms with Gasteiger partial charge in [0.25, 0.3) is 0 Å². The van der Waals surface area contributed by atoms with E-state index in [9.17, 15) is 9.59 Å². The topological polar surface area (TPSA) is 75.4 Å². The van der Waals surface area contributed by atoms with Gasteiger partial charge in [-0.3, -0.25) is 9.59 Å². The minimum absolute atomic E-state index is 0.0382. The first-order chi connectivity index (χ1) is 8.49. The van der Waals surface area contributed by atoms with E-state index < -0.39 is 0 Å². The molecular weight excluding hydrogens is 230 g/mol. The van der Waals surface area contributed by atoms with Crippen molar-refractivity contribution in [2.24, 2.45) is 11.1 Å². The van der Waals surface area contributed by atoms with Gasteiger partial charge in [0, 0.05) is 20.5 Å². The number of nitrogens with two attached hydrogens (primary N) is 1. The summed E-state index contributed by atoms with van der Waals surface area (Å²) < 4.78 is 0. The highest BCUT2D eigenvalue weighted by Gasteiger charge is 2.32. The lowest BCUT2D eigenvalue weighted by atomic mass is 9.71. The standard InChI is InChI=1S/C13H25N3O2/c1-16(2)12(18)9-15-11(17)8-13(10-14)6-4-3-5-7-13/h3-10,14H2,1-2H3,(H,15,17). The Morgan fingerprint density at radius 2 is 1.83 bits per heavy atom. The Bertz CT molecular complexity index is 297. The molecule has 3 N–H and O–H groups in total. The van der Waals surface area contributed by atoms with Crippen LogP contribution in [0.4, 0.5) is 0 Å². The van der Waals surface area contributed by atoms with Gasteiger partial charge in [-0.1, -0.05) is 19.3 Å². The SMILES string of the molecule is CN(C)C(=O)CNC(=O)CC1(CN)CCCCC1. The van der Waals surface area contributed by atoms with E-state index in [4.69, 9.17) is 5.73 Å². The molecule has 0 unspecified atom stereocenters. The summed E-state index contributed by atoms with van der Waals surface area (Å²) in [6.45, 7) is 0.633. The van der Waals surface area contributed by atoms with E-state index in [0.29, 0.717) is 13.0 Å². The van der Waals surface area contributed by atoms with Crippen molar-refractivity contribution in [1.29, 1.82) is 0 Å². The second-order valence-corrected chi connectivity index (χ2v) is 5.51. The van der Waals surface area contributed by atoms with Gasteiger partial charge in [-0.15, -0.1) is 0 Å². The lowest BCUT2D eigenvalue weighted by Crippen LogP contribution is -2.41. The van der Waals surface area contributed by atoms with Crippen molar-refractivity contribution in [2.75, 3.05) is 27.2 Å². The summed E-state index contributed by atoms with van der Waals surface area (Å²) in [7, 11) is 3.36. The van der Waals surface area contributed by atoms with E-state index in [0.717, 1.165) is 25.7 Å². The first kappa shape index (κ1) is 15.0. The average molecular weight is 255 g/mol. The molecule has 1 fully saturated rings. The predicted molar refractivity (Wildman–Crippen MR) is 70.9 cm³/mol. The van der Waals surface area contributed by atoms with Gasteiger partial charge in [0.2, 0.25) is 11.8 Å². The van der Waals surface area contributed by atoms with Crippen molar-refractivity contribution >= 4 is 11.8 Å². The Morgan fingerprint density at radius 3 is 2.33 bits per heavy atom. The van der Waals surface area contributed by atoms with Crippen molar-refractivity contribution in [3.63, 3.8) is 0 Å². The van der Waals surface area contributed by atoms with Crippen LogP contribution in [0.1, 0.15) is 38.5 Å². The molecule has 1 aliphatic carbocycles. The monoisotopic (exact) mass is 255 g/mol. The predicted octanol–water partition coefficient (Wildman–Crippen LogP) is 0.490. The highest BCUT2D eigenvalue weighted by molar-refractivity contribution is 5.84. The molecule has 0 aromatic carbocycles. The van der Waals surface area contributed by atoms with Crippen LogP contribution in [-0.4, -0.2) is 43.9 Å². The Kier molecular flexibility index (Phi) is 5.59. The molecule has 0 aromatic heterocycles. The highest BCUT2D eigenvalue weighted by Crippen LogP contribution is 2.38. The van der Waals surface area contributed by atoms with Crippen LogP contribution in [-0.2, 0) is 9.59 Å². The van der Waals surface area contributed by atoms with Crippen molar-refractivity contribution < 1.29 is 9.59 Å². The van der Waals surface area contributed by atoms with Gasteiger partial charge in [0.15, 0.2) is 0 Å². The first-order valence-electron chi connectivity index (χ1n) is 6.66. The van der Waals surface area contributed by atoms with Gasteiger partial charge in [-0.05, 0) is 24.8 Å². The Morgan fingerprint density at radius 1 is 1.22 bits per heavy atom. The molecule has 2 amide bonds. The Labute approximate surface area is 109 Å². The van der Waals surface area contributed by atoms with Crippen LogP contribution < -0.4 is 11.1 Å². The quantitative estimate of drug-likeness (QED) is 0.750. The lowest BCUT2D eigenvalue weighted by molar-refractivity contribution is -0.131. The summed E-state index contributed by atoms with van der Waals surface area (Å²) in [4.78, 5) is 24.7. The largest absolute Gasteiger partial charge is 0.347 e. The molecule has 0 heterocycles. The molecule has 0 aromatic rings. The van der Waals surface area contributed by atoms with Crippen LogP contribution in [0.25, 0.3) is 0 Å². The molecule has 5 heteroatoms. The normalized spacial score (nSPS) is 18.2. The number of rotatable bonds is 5. The number of carbonyl (C=O) groups excluding carboxylic acids is 2. The maximum Gasteiger partial charge on any atom is 0.241 e. The van der Waals surface area contributed by atoms with E-state index in [1.165, 1.54) is 11.3 Å². The second kappa shape index (κ2) is 6.73. The fourth-order valence-corrected chi connectivity index (χ4v) is 2.49. The van der Waals surface area contributed by atoms with E-state index in [1.54, 1.807) is 14.1 Å². The van der Waals surface area contributed by atoms with Gasteiger partial charge in [0.05, 0.1) is 6.54 Å². The Hall–Kier alpha value is -1.10.